The van der Waals surface area contributed by atoms with Gasteiger partial charge in [0, 0.05) is 0 Å². The number of ether oxygens (including phenoxy) is 1. The van der Waals surface area contributed by atoms with E-state index in [-0.39, 0.29) is 24.0 Å². The molecule has 0 fully saturated rings. The summed E-state index contributed by atoms with van der Waals surface area (Å²) in [5.74, 6) is 0.930. The minimum Gasteiger partial charge on any atom is -1.00 e. The monoisotopic (exact) mass is 524 g/mol. The van der Waals surface area contributed by atoms with E-state index in [1.165, 1.54) is 21.5 Å². The van der Waals surface area contributed by atoms with Crippen LogP contribution in [0.25, 0.3) is 0 Å². The highest BCUT2D eigenvalue weighted by Gasteiger charge is 2.45. The Morgan fingerprint density at radius 1 is 0.567 bits per heavy atom. The molecule has 0 unspecified atom stereocenters. The zero-order valence-electron chi connectivity index (χ0n) is 17.1. The van der Waals surface area contributed by atoms with Gasteiger partial charge in [-0.3, -0.25) is 0 Å². The van der Waals surface area contributed by atoms with Gasteiger partial charge in [-0.1, -0.05) is 66.7 Å². The normalized spacial score (nSPS) is 10.8. The molecule has 0 bridgehead atoms. The van der Waals surface area contributed by atoms with Gasteiger partial charge < -0.3 is 28.7 Å². The minimum atomic E-state index is -1.85. The molecule has 0 saturated carbocycles. The van der Waals surface area contributed by atoms with Crippen molar-refractivity contribution < 1.29 is 28.7 Å². The predicted molar refractivity (Wildman–Crippen MR) is 126 cm³/mol. The van der Waals surface area contributed by atoms with Crippen LogP contribution in [0.4, 0.5) is 0 Å². The van der Waals surface area contributed by atoms with Gasteiger partial charge in [0.15, 0.2) is 0 Å². The summed E-state index contributed by atoms with van der Waals surface area (Å²) < 4.78 is 5.65. The lowest BCUT2D eigenvalue weighted by molar-refractivity contribution is -0.00000625. The van der Waals surface area contributed by atoms with E-state index in [1.807, 2.05) is 6.92 Å². The summed E-state index contributed by atoms with van der Waals surface area (Å²) in [7, 11) is -1.85. The van der Waals surface area contributed by atoms with Crippen LogP contribution >= 0.6 is 7.26 Å². The van der Waals surface area contributed by atoms with Gasteiger partial charge in [0.2, 0.25) is 0 Å². The molecular formula is C27H26IOP. The summed E-state index contributed by atoms with van der Waals surface area (Å²) >= 11 is 0. The zero-order chi connectivity index (χ0) is 19.9. The van der Waals surface area contributed by atoms with Crippen LogP contribution in [0.2, 0.25) is 0 Å². The van der Waals surface area contributed by atoms with Crippen molar-refractivity contribution >= 4 is 23.2 Å². The molecule has 0 aromatic heterocycles. The fraction of sp³-hybridized carbons (Fsp3) is 0.111. The van der Waals surface area contributed by atoms with Gasteiger partial charge in [-0.05, 0) is 61.0 Å². The first-order valence-corrected chi connectivity index (χ1v) is 12.1. The summed E-state index contributed by atoms with van der Waals surface area (Å²) in [4.78, 5) is 0. The molecule has 4 aromatic rings. The highest BCUT2D eigenvalue weighted by Crippen LogP contribution is 2.58. The van der Waals surface area contributed by atoms with Gasteiger partial charge in [-0.25, -0.2) is 0 Å². The lowest BCUT2D eigenvalue weighted by atomic mass is 10.2. The molecule has 4 rings (SSSR count). The molecule has 0 aliphatic carbocycles. The van der Waals surface area contributed by atoms with Crippen molar-refractivity contribution in [2.45, 2.75) is 13.1 Å². The van der Waals surface area contributed by atoms with Crippen molar-refractivity contribution in [2.75, 3.05) is 6.61 Å². The van der Waals surface area contributed by atoms with Gasteiger partial charge in [0.1, 0.15) is 28.9 Å². The lowest BCUT2D eigenvalue weighted by Crippen LogP contribution is -3.00. The summed E-state index contributed by atoms with van der Waals surface area (Å²) in [6.45, 7) is 2.71. The number of hydrogen-bond donors (Lipinski definition) is 0. The van der Waals surface area contributed by atoms with E-state index in [2.05, 4.69) is 115 Å². The predicted octanol–water partition coefficient (Wildman–Crippen LogP) is 2.58. The molecule has 0 spiro atoms. The van der Waals surface area contributed by atoms with Gasteiger partial charge in [-0.2, -0.15) is 0 Å². The number of benzene rings is 4. The Morgan fingerprint density at radius 3 is 1.33 bits per heavy atom. The molecule has 0 saturated heterocycles. The van der Waals surface area contributed by atoms with Gasteiger partial charge >= 0.3 is 0 Å². The van der Waals surface area contributed by atoms with E-state index in [0.29, 0.717) is 6.61 Å². The Balaban J connectivity index is 0.00000256. The molecule has 0 N–H and O–H groups in total. The van der Waals surface area contributed by atoms with Gasteiger partial charge in [-0.15, -0.1) is 0 Å². The third kappa shape index (κ3) is 4.77. The molecular weight excluding hydrogens is 498 g/mol. The van der Waals surface area contributed by atoms with Crippen molar-refractivity contribution in [3.8, 4) is 5.75 Å². The Kier molecular flexibility index (Phi) is 8.07. The first-order chi connectivity index (χ1) is 14.3. The van der Waals surface area contributed by atoms with E-state index >= 15 is 0 Å². The molecule has 0 atom stereocenters. The molecule has 0 radical (unpaired) electrons. The standard InChI is InChI=1S/C27H26OP.HI/c1-2-28-24-20-18-23(19-21-24)22-29(25-12-6-3-7-13-25,26-14-8-4-9-15-26)27-16-10-5-11-17-27;/h3-21H,2,22H2,1H3;1H/q+1;/p-1. The largest absolute Gasteiger partial charge is 1.00 e. The molecule has 3 heteroatoms. The van der Waals surface area contributed by atoms with Crippen molar-refractivity contribution in [3.05, 3.63) is 121 Å². The van der Waals surface area contributed by atoms with Crippen LogP contribution < -0.4 is 44.6 Å². The van der Waals surface area contributed by atoms with Crippen LogP contribution in [-0.2, 0) is 6.16 Å². The Labute approximate surface area is 197 Å². The smallest absolute Gasteiger partial charge is 0.119 e. The SMILES string of the molecule is CCOc1ccc(C[P+](c2ccccc2)(c2ccccc2)c2ccccc2)cc1.[I-]. The maximum Gasteiger partial charge on any atom is 0.119 e. The summed E-state index contributed by atoms with van der Waals surface area (Å²) in [5.41, 5.74) is 1.33. The summed E-state index contributed by atoms with van der Waals surface area (Å²) in [6, 6.07) is 41.7. The van der Waals surface area contributed by atoms with E-state index in [9.17, 15) is 0 Å². The Bertz CT molecular complexity index is 922. The van der Waals surface area contributed by atoms with E-state index < -0.39 is 7.26 Å². The van der Waals surface area contributed by atoms with Crippen molar-refractivity contribution in [2.24, 2.45) is 0 Å². The number of rotatable bonds is 7. The first-order valence-electron chi connectivity index (χ1n) is 10.1. The van der Waals surface area contributed by atoms with Crippen LogP contribution in [0.3, 0.4) is 0 Å². The lowest BCUT2D eigenvalue weighted by Gasteiger charge is -2.28. The maximum absolute atomic E-state index is 5.65. The Morgan fingerprint density at radius 2 is 0.967 bits per heavy atom. The number of halogens is 1. The molecule has 152 valence electrons. The second kappa shape index (κ2) is 10.7. The van der Waals surface area contributed by atoms with Crippen molar-refractivity contribution in [1.29, 1.82) is 0 Å². The Hall–Kier alpha value is -2.16. The minimum absolute atomic E-state index is 0. The average molecular weight is 524 g/mol. The van der Waals surface area contributed by atoms with Gasteiger partial charge in [0.05, 0.1) is 12.8 Å². The first kappa shape index (κ1) is 22.5. The van der Waals surface area contributed by atoms with Crippen LogP contribution in [0, 0.1) is 0 Å². The molecule has 0 heterocycles. The third-order valence-corrected chi connectivity index (χ3v) is 9.62. The van der Waals surface area contributed by atoms with Crippen LogP contribution in [0.1, 0.15) is 12.5 Å². The fourth-order valence-corrected chi connectivity index (χ4v) is 8.14. The summed E-state index contributed by atoms with van der Waals surface area (Å²) in [6.07, 6.45) is 0.984. The second-order valence-electron chi connectivity index (χ2n) is 7.05. The quantitative estimate of drug-likeness (QED) is 0.267. The number of hydrogen-bond acceptors (Lipinski definition) is 1. The topological polar surface area (TPSA) is 9.23 Å². The maximum atomic E-state index is 5.65. The summed E-state index contributed by atoms with van der Waals surface area (Å²) in [5, 5.41) is 4.23. The van der Waals surface area contributed by atoms with Crippen molar-refractivity contribution in [3.63, 3.8) is 0 Å². The highest BCUT2D eigenvalue weighted by atomic mass is 127. The average Bonchev–Trinajstić information content (AvgIpc) is 2.80. The molecule has 1 nitrogen and oxygen atoms in total. The van der Waals surface area contributed by atoms with Crippen LogP contribution in [0.5, 0.6) is 5.75 Å². The fourth-order valence-electron chi connectivity index (χ4n) is 3.90. The van der Waals surface area contributed by atoms with Crippen LogP contribution in [0.15, 0.2) is 115 Å². The highest BCUT2D eigenvalue weighted by molar-refractivity contribution is 7.95. The molecule has 0 amide bonds. The van der Waals surface area contributed by atoms with Gasteiger partial charge in [0.25, 0.3) is 0 Å². The van der Waals surface area contributed by atoms with Crippen LogP contribution in [-0.4, -0.2) is 6.61 Å². The second-order valence-corrected chi connectivity index (χ2v) is 10.5. The van der Waals surface area contributed by atoms with E-state index in [0.717, 1.165) is 11.9 Å². The molecule has 30 heavy (non-hydrogen) atoms. The third-order valence-electron chi connectivity index (χ3n) is 5.25. The molecule has 0 aliphatic rings. The zero-order valence-corrected chi connectivity index (χ0v) is 20.2. The van der Waals surface area contributed by atoms with E-state index in [1.54, 1.807) is 0 Å². The molecule has 4 aromatic carbocycles. The van der Waals surface area contributed by atoms with E-state index in [4.69, 9.17) is 4.74 Å². The van der Waals surface area contributed by atoms with Crippen molar-refractivity contribution in [1.82, 2.24) is 0 Å². The molecule has 0 aliphatic heterocycles.